The number of nitrogens with one attached hydrogen (secondary N) is 1. The lowest BCUT2D eigenvalue weighted by Gasteiger charge is -2.09. The van der Waals surface area contributed by atoms with E-state index in [2.05, 4.69) is 56.9 Å². The fourth-order valence-electron chi connectivity index (χ4n) is 3.15. The third kappa shape index (κ3) is 3.28. The SMILES string of the molecule is c1ccc2c(Nc3ccc(Sc4ccnc5ccccc45)cc3)nncc2c1. The molecule has 0 bridgehead atoms. The van der Waals surface area contributed by atoms with E-state index in [4.69, 9.17) is 0 Å². The Morgan fingerprint density at radius 1 is 0.750 bits per heavy atom. The van der Waals surface area contributed by atoms with Crippen molar-refractivity contribution in [3.05, 3.63) is 91.3 Å². The van der Waals surface area contributed by atoms with Crippen LogP contribution < -0.4 is 5.32 Å². The number of hydrogen-bond donors (Lipinski definition) is 1. The lowest BCUT2D eigenvalue weighted by Crippen LogP contribution is -1.96. The van der Waals surface area contributed by atoms with Crippen molar-refractivity contribution >= 4 is 44.9 Å². The molecule has 0 unspecified atom stereocenters. The molecule has 0 amide bonds. The molecular formula is C23H16N4S. The molecular weight excluding hydrogens is 364 g/mol. The highest BCUT2D eigenvalue weighted by molar-refractivity contribution is 7.99. The van der Waals surface area contributed by atoms with Gasteiger partial charge in [-0.25, -0.2) is 0 Å². The zero-order chi connectivity index (χ0) is 18.8. The van der Waals surface area contributed by atoms with Crippen molar-refractivity contribution in [3.8, 4) is 0 Å². The monoisotopic (exact) mass is 380 g/mol. The number of nitrogens with zero attached hydrogens (tertiary/aromatic N) is 3. The summed E-state index contributed by atoms with van der Waals surface area (Å²) in [6.07, 6.45) is 3.64. The van der Waals surface area contributed by atoms with Crippen molar-refractivity contribution in [2.45, 2.75) is 9.79 Å². The molecule has 2 heterocycles. The fraction of sp³-hybridized carbons (Fsp3) is 0. The van der Waals surface area contributed by atoms with E-state index in [0.717, 1.165) is 27.8 Å². The van der Waals surface area contributed by atoms with E-state index in [1.807, 2.05) is 48.7 Å². The minimum absolute atomic E-state index is 0.763. The summed E-state index contributed by atoms with van der Waals surface area (Å²) in [7, 11) is 0. The summed E-state index contributed by atoms with van der Waals surface area (Å²) in [6.45, 7) is 0. The Labute approximate surface area is 166 Å². The number of pyridine rings is 1. The summed E-state index contributed by atoms with van der Waals surface area (Å²) in [4.78, 5) is 6.81. The standard InChI is InChI=1S/C23H16N4S/c1-2-6-19-16(5-1)15-25-27-23(19)26-17-9-11-18(12-10-17)28-22-13-14-24-21-8-4-3-7-20(21)22/h1-15H,(H,26,27). The summed E-state index contributed by atoms with van der Waals surface area (Å²) >= 11 is 1.74. The van der Waals surface area contributed by atoms with Gasteiger partial charge in [0, 0.05) is 37.8 Å². The lowest BCUT2D eigenvalue weighted by molar-refractivity contribution is 1.05. The van der Waals surface area contributed by atoms with Crippen LogP contribution in [0.1, 0.15) is 0 Å². The molecule has 0 saturated heterocycles. The normalized spacial score (nSPS) is 11.0. The van der Waals surface area contributed by atoms with Crippen LogP contribution >= 0.6 is 11.8 Å². The second-order valence-corrected chi connectivity index (χ2v) is 7.47. The van der Waals surface area contributed by atoms with Crippen molar-refractivity contribution < 1.29 is 0 Å². The molecule has 5 rings (SSSR count). The Balaban J connectivity index is 1.40. The van der Waals surface area contributed by atoms with Gasteiger partial charge in [-0.1, -0.05) is 54.2 Å². The molecule has 4 nitrogen and oxygen atoms in total. The first kappa shape index (κ1) is 16.7. The van der Waals surface area contributed by atoms with Gasteiger partial charge < -0.3 is 5.32 Å². The molecule has 0 spiro atoms. The minimum Gasteiger partial charge on any atom is -0.338 e. The molecule has 134 valence electrons. The average molecular weight is 380 g/mol. The Bertz CT molecular complexity index is 1160. The number of anilines is 2. The van der Waals surface area contributed by atoms with Gasteiger partial charge in [0.15, 0.2) is 5.82 Å². The predicted molar refractivity (Wildman–Crippen MR) is 115 cm³/mol. The van der Waals surface area contributed by atoms with Gasteiger partial charge in [0.05, 0.1) is 11.7 Å². The quantitative estimate of drug-likeness (QED) is 0.410. The van der Waals surface area contributed by atoms with Crippen LogP contribution in [0, 0.1) is 0 Å². The summed E-state index contributed by atoms with van der Waals surface area (Å²) < 4.78 is 0. The maximum atomic E-state index is 4.43. The van der Waals surface area contributed by atoms with E-state index < -0.39 is 0 Å². The van der Waals surface area contributed by atoms with Gasteiger partial charge >= 0.3 is 0 Å². The molecule has 0 saturated carbocycles. The minimum atomic E-state index is 0.763. The molecule has 0 aliphatic rings. The van der Waals surface area contributed by atoms with E-state index in [-0.39, 0.29) is 0 Å². The maximum absolute atomic E-state index is 4.43. The third-order valence-corrected chi connectivity index (χ3v) is 5.61. The first-order valence-electron chi connectivity index (χ1n) is 8.96. The van der Waals surface area contributed by atoms with E-state index in [0.29, 0.717) is 0 Å². The van der Waals surface area contributed by atoms with Crippen molar-refractivity contribution in [3.63, 3.8) is 0 Å². The number of para-hydroxylation sites is 1. The second-order valence-electron chi connectivity index (χ2n) is 6.36. The highest BCUT2D eigenvalue weighted by atomic mass is 32.2. The van der Waals surface area contributed by atoms with Crippen molar-refractivity contribution in [1.29, 1.82) is 0 Å². The Morgan fingerprint density at radius 2 is 1.54 bits per heavy atom. The van der Waals surface area contributed by atoms with Crippen LogP contribution in [0.5, 0.6) is 0 Å². The fourth-order valence-corrected chi connectivity index (χ4v) is 4.09. The average Bonchev–Trinajstić information content (AvgIpc) is 2.76. The summed E-state index contributed by atoms with van der Waals surface area (Å²) in [5.74, 6) is 0.763. The van der Waals surface area contributed by atoms with Gasteiger partial charge in [0.25, 0.3) is 0 Å². The van der Waals surface area contributed by atoms with Crippen LogP contribution in [-0.4, -0.2) is 15.2 Å². The number of aromatic nitrogens is 3. The molecule has 0 aliphatic heterocycles. The molecule has 0 aliphatic carbocycles. The summed E-state index contributed by atoms with van der Waals surface area (Å²) in [5, 5.41) is 15.0. The second kappa shape index (κ2) is 7.29. The Morgan fingerprint density at radius 3 is 2.43 bits per heavy atom. The van der Waals surface area contributed by atoms with Crippen LogP contribution in [0.15, 0.2) is 101 Å². The van der Waals surface area contributed by atoms with Crippen LogP contribution in [0.3, 0.4) is 0 Å². The number of benzene rings is 3. The largest absolute Gasteiger partial charge is 0.338 e. The van der Waals surface area contributed by atoms with Crippen molar-refractivity contribution in [2.24, 2.45) is 0 Å². The zero-order valence-corrected chi connectivity index (χ0v) is 15.7. The summed E-state index contributed by atoms with van der Waals surface area (Å²) in [6, 6.07) is 26.7. The molecule has 5 aromatic rings. The van der Waals surface area contributed by atoms with Crippen molar-refractivity contribution in [1.82, 2.24) is 15.2 Å². The number of rotatable bonds is 4. The topological polar surface area (TPSA) is 50.7 Å². The summed E-state index contributed by atoms with van der Waals surface area (Å²) in [5.41, 5.74) is 2.00. The van der Waals surface area contributed by atoms with E-state index in [1.165, 1.54) is 15.2 Å². The van der Waals surface area contributed by atoms with Gasteiger partial charge in [0.2, 0.25) is 0 Å². The van der Waals surface area contributed by atoms with Crippen molar-refractivity contribution in [2.75, 3.05) is 5.32 Å². The van der Waals surface area contributed by atoms with Gasteiger partial charge in [-0.05, 0) is 36.4 Å². The van der Waals surface area contributed by atoms with Crippen LogP contribution in [-0.2, 0) is 0 Å². The van der Waals surface area contributed by atoms with Gasteiger partial charge in [-0.15, -0.1) is 5.10 Å². The molecule has 0 fully saturated rings. The van der Waals surface area contributed by atoms with E-state index in [9.17, 15) is 0 Å². The van der Waals surface area contributed by atoms with Crippen LogP contribution in [0.25, 0.3) is 21.7 Å². The predicted octanol–water partition coefficient (Wildman–Crippen LogP) is 6.07. The van der Waals surface area contributed by atoms with E-state index in [1.54, 1.807) is 18.0 Å². The van der Waals surface area contributed by atoms with Crippen LogP contribution in [0.2, 0.25) is 0 Å². The third-order valence-electron chi connectivity index (χ3n) is 4.52. The number of hydrogen-bond acceptors (Lipinski definition) is 5. The number of fused-ring (bicyclic) bond motifs is 2. The van der Waals surface area contributed by atoms with Gasteiger partial charge in [0.1, 0.15) is 0 Å². The Hall–Kier alpha value is -3.44. The maximum Gasteiger partial charge on any atom is 0.160 e. The Kier molecular flexibility index (Phi) is 4.35. The van der Waals surface area contributed by atoms with E-state index >= 15 is 0 Å². The molecule has 2 aromatic heterocycles. The highest BCUT2D eigenvalue weighted by Crippen LogP contribution is 2.33. The van der Waals surface area contributed by atoms with Crippen LogP contribution in [0.4, 0.5) is 11.5 Å². The lowest BCUT2D eigenvalue weighted by atomic mass is 10.2. The molecule has 0 radical (unpaired) electrons. The first-order valence-corrected chi connectivity index (χ1v) is 9.78. The molecule has 5 heteroatoms. The molecule has 28 heavy (non-hydrogen) atoms. The zero-order valence-electron chi connectivity index (χ0n) is 14.9. The molecule has 3 aromatic carbocycles. The van der Waals surface area contributed by atoms with Gasteiger partial charge in [-0.2, -0.15) is 5.10 Å². The van der Waals surface area contributed by atoms with Gasteiger partial charge in [-0.3, -0.25) is 4.98 Å². The molecule has 1 N–H and O–H groups in total. The molecule has 0 atom stereocenters. The first-order chi connectivity index (χ1) is 13.9. The highest BCUT2D eigenvalue weighted by Gasteiger charge is 2.06. The smallest absolute Gasteiger partial charge is 0.160 e.